The Hall–Kier alpha value is -2.89. The van der Waals surface area contributed by atoms with E-state index >= 15 is 0 Å². The van der Waals surface area contributed by atoms with Crippen molar-refractivity contribution in [3.63, 3.8) is 0 Å². The van der Waals surface area contributed by atoms with E-state index in [1.54, 1.807) is 22.7 Å². The van der Waals surface area contributed by atoms with E-state index < -0.39 is 18.7 Å². The summed E-state index contributed by atoms with van der Waals surface area (Å²) in [6.45, 7) is 1.87. The summed E-state index contributed by atoms with van der Waals surface area (Å²) < 4.78 is 65.2. The third-order valence-corrected chi connectivity index (χ3v) is 6.41. The van der Waals surface area contributed by atoms with Crippen molar-refractivity contribution in [1.29, 1.82) is 0 Å². The number of carbonyl (C=O) groups is 1. The van der Waals surface area contributed by atoms with Gasteiger partial charge in [-0.15, -0.1) is 0 Å². The Labute approximate surface area is 207 Å². The molecule has 2 aliphatic heterocycles. The summed E-state index contributed by atoms with van der Waals surface area (Å²) in [7, 11) is 0. The lowest BCUT2D eigenvalue weighted by molar-refractivity contribution is -0.137. The molecule has 2 N–H and O–H groups in total. The standard InChI is InChI=1S/C23H33F3N8O/c1-16-19(15-34(31-16)17-7-12-32(2)13-8-17)29-22-28-14-18(23(24,25)26)21(30-22)27-9-5-11-33-10-4-3-6-20(33)35/h14-15,17H,3-13H2,1-2H3,(H2,27,28,29,30)/i2D3. The highest BCUT2D eigenvalue weighted by Gasteiger charge is 2.35. The van der Waals surface area contributed by atoms with E-state index in [-0.39, 0.29) is 30.3 Å². The van der Waals surface area contributed by atoms with Gasteiger partial charge in [0.15, 0.2) is 0 Å². The molecule has 1 amide bonds. The van der Waals surface area contributed by atoms with Crippen molar-refractivity contribution in [3.05, 3.63) is 23.7 Å². The van der Waals surface area contributed by atoms with E-state index in [2.05, 4.69) is 25.7 Å². The SMILES string of the molecule is [2H]C([2H])([2H])N1CCC(n2cc(Nc3ncc(C(F)(F)F)c(NCCCN4CCCCC4=O)n3)c(C)n2)CC1. The quantitative estimate of drug-likeness (QED) is 0.536. The number of hydrogen-bond donors (Lipinski definition) is 2. The number of piperidine rings is 2. The van der Waals surface area contributed by atoms with Crippen LogP contribution in [0.15, 0.2) is 12.4 Å². The first-order valence-electron chi connectivity index (χ1n) is 13.5. The number of amides is 1. The Morgan fingerprint density at radius 3 is 2.74 bits per heavy atom. The number of nitrogens with one attached hydrogen (secondary N) is 2. The number of nitrogens with zero attached hydrogens (tertiary/aromatic N) is 6. The monoisotopic (exact) mass is 497 g/mol. The van der Waals surface area contributed by atoms with Crippen LogP contribution in [0.5, 0.6) is 0 Å². The van der Waals surface area contributed by atoms with Gasteiger partial charge in [-0.05, 0) is 59.1 Å². The second kappa shape index (κ2) is 10.8. The van der Waals surface area contributed by atoms with Crippen LogP contribution in [0.25, 0.3) is 0 Å². The van der Waals surface area contributed by atoms with Gasteiger partial charge in [0, 0.05) is 42.6 Å². The average molecular weight is 498 g/mol. The predicted octanol–water partition coefficient (Wildman–Crippen LogP) is 3.83. The first-order valence-corrected chi connectivity index (χ1v) is 12.0. The van der Waals surface area contributed by atoms with Crippen molar-refractivity contribution in [2.24, 2.45) is 0 Å². The number of aromatic nitrogens is 4. The molecule has 12 heteroatoms. The van der Waals surface area contributed by atoms with Crippen LogP contribution < -0.4 is 10.6 Å². The van der Waals surface area contributed by atoms with E-state index in [1.807, 2.05) is 0 Å². The molecular weight excluding hydrogens is 461 g/mol. The van der Waals surface area contributed by atoms with Crippen molar-refractivity contribution in [2.75, 3.05) is 50.3 Å². The van der Waals surface area contributed by atoms with Crippen molar-refractivity contribution in [2.45, 2.75) is 57.7 Å². The molecule has 2 fully saturated rings. The van der Waals surface area contributed by atoms with Gasteiger partial charge >= 0.3 is 6.18 Å². The van der Waals surface area contributed by atoms with Crippen LogP contribution in [0.1, 0.15) is 59.9 Å². The summed E-state index contributed by atoms with van der Waals surface area (Å²) in [5.41, 5.74) is 0.204. The Morgan fingerprint density at radius 1 is 1.23 bits per heavy atom. The van der Waals surface area contributed by atoms with Crippen molar-refractivity contribution in [3.8, 4) is 0 Å². The molecule has 4 rings (SSSR count). The van der Waals surface area contributed by atoms with Crippen molar-refractivity contribution < 1.29 is 22.1 Å². The molecule has 2 aromatic heterocycles. The van der Waals surface area contributed by atoms with Gasteiger partial charge in [-0.25, -0.2) is 4.98 Å². The lowest BCUT2D eigenvalue weighted by atomic mass is 10.1. The fraction of sp³-hybridized carbons (Fsp3) is 0.652. The first-order chi connectivity index (χ1) is 17.9. The summed E-state index contributed by atoms with van der Waals surface area (Å²) >= 11 is 0. The molecule has 9 nitrogen and oxygen atoms in total. The lowest BCUT2D eigenvalue weighted by Crippen LogP contribution is -2.36. The maximum absolute atomic E-state index is 13.6. The summed E-state index contributed by atoms with van der Waals surface area (Å²) in [6.07, 6.45) is 1.92. The van der Waals surface area contributed by atoms with Crippen LogP contribution >= 0.6 is 0 Å². The molecule has 0 bridgehead atoms. The molecule has 2 saturated heterocycles. The Kier molecular flexibility index (Phi) is 6.60. The van der Waals surface area contributed by atoms with Gasteiger partial charge in [0.25, 0.3) is 0 Å². The highest BCUT2D eigenvalue weighted by molar-refractivity contribution is 5.76. The topological polar surface area (TPSA) is 91.2 Å². The van der Waals surface area contributed by atoms with Crippen LogP contribution in [-0.4, -0.2) is 75.2 Å². The fourth-order valence-electron chi connectivity index (χ4n) is 4.40. The largest absolute Gasteiger partial charge is 0.421 e. The third kappa shape index (κ3) is 6.41. The molecule has 0 atom stereocenters. The summed E-state index contributed by atoms with van der Waals surface area (Å²) in [5, 5.41) is 10.3. The third-order valence-electron chi connectivity index (χ3n) is 6.41. The highest BCUT2D eigenvalue weighted by Crippen LogP contribution is 2.34. The van der Waals surface area contributed by atoms with Crippen LogP contribution in [0, 0.1) is 6.92 Å². The molecule has 192 valence electrons. The van der Waals surface area contributed by atoms with Crippen LogP contribution in [-0.2, 0) is 11.0 Å². The summed E-state index contributed by atoms with van der Waals surface area (Å²) in [5.74, 6) is -0.256. The number of anilines is 3. The Bertz CT molecular complexity index is 1120. The van der Waals surface area contributed by atoms with Gasteiger partial charge in [-0.2, -0.15) is 23.3 Å². The summed E-state index contributed by atoms with van der Waals surface area (Å²) in [4.78, 5) is 23.1. The Morgan fingerprint density at radius 2 is 2.03 bits per heavy atom. The van der Waals surface area contributed by atoms with Crippen LogP contribution in [0.3, 0.4) is 0 Å². The second-order valence-electron chi connectivity index (χ2n) is 9.02. The van der Waals surface area contributed by atoms with Crippen LogP contribution in [0.4, 0.5) is 30.6 Å². The summed E-state index contributed by atoms with van der Waals surface area (Å²) in [6, 6.07) is 0.0142. The van der Waals surface area contributed by atoms with E-state index in [4.69, 9.17) is 4.11 Å². The number of aryl methyl sites for hydroxylation is 1. The molecule has 0 radical (unpaired) electrons. The number of alkyl halides is 3. The number of hydrogen-bond acceptors (Lipinski definition) is 7. The smallest absolute Gasteiger partial charge is 0.369 e. The van der Waals surface area contributed by atoms with E-state index in [9.17, 15) is 18.0 Å². The average Bonchev–Trinajstić information content (AvgIpc) is 3.22. The lowest BCUT2D eigenvalue weighted by Gasteiger charge is -2.28. The Balaban J connectivity index is 1.40. The molecule has 0 aromatic carbocycles. The predicted molar refractivity (Wildman–Crippen MR) is 127 cm³/mol. The minimum Gasteiger partial charge on any atom is -0.369 e. The second-order valence-corrected chi connectivity index (χ2v) is 9.02. The van der Waals surface area contributed by atoms with E-state index in [1.165, 1.54) is 4.90 Å². The van der Waals surface area contributed by atoms with Gasteiger partial charge in [0.05, 0.1) is 17.4 Å². The molecule has 35 heavy (non-hydrogen) atoms. The van der Waals surface area contributed by atoms with E-state index in [0.29, 0.717) is 63.2 Å². The molecular formula is C23H33F3N8O. The van der Waals surface area contributed by atoms with Gasteiger partial charge in [0.1, 0.15) is 11.4 Å². The molecule has 2 aromatic rings. The fourth-order valence-corrected chi connectivity index (χ4v) is 4.40. The number of halogens is 3. The molecule has 0 saturated carbocycles. The maximum Gasteiger partial charge on any atom is 0.421 e. The normalized spacial score (nSPS) is 19.8. The zero-order valence-electron chi connectivity index (χ0n) is 22.7. The van der Waals surface area contributed by atoms with Crippen molar-refractivity contribution >= 4 is 23.4 Å². The highest BCUT2D eigenvalue weighted by atomic mass is 19.4. The number of likely N-dealkylation sites (tertiary alicyclic amines) is 2. The van der Waals surface area contributed by atoms with Gasteiger partial charge in [-0.1, -0.05) is 0 Å². The van der Waals surface area contributed by atoms with Gasteiger partial charge in [-0.3, -0.25) is 9.48 Å². The maximum atomic E-state index is 13.6. The molecule has 4 heterocycles. The first kappa shape index (κ1) is 21.4. The van der Waals surface area contributed by atoms with Gasteiger partial charge < -0.3 is 20.4 Å². The molecule has 0 spiro atoms. The van der Waals surface area contributed by atoms with Crippen LogP contribution in [0.2, 0.25) is 0 Å². The zero-order valence-corrected chi connectivity index (χ0v) is 19.7. The minimum absolute atomic E-state index is 0.00780. The van der Waals surface area contributed by atoms with E-state index in [0.717, 1.165) is 19.0 Å². The molecule has 0 unspecified atom stereocenters. The molecule has 2 aliphatic rings. The minimum atomic E-state index is -4.63. The van der Waals surface area contributed by atoms with Gasteiger partial charge in [0.2, 0.25) is 11.9 Å². The number of rotatable bonds is 8. The zero-order chi connectivity index (χ0) is 27.5. The number of carbonyl (C=O) groups excluding carboxylic acids is 1. The molecule has 0 aliphatic carbocycles. The van der Waals surface area contributed by atoms with Crippen molar-refractivity contribution in [1.82, 2.24) is 29.5 Å².